The van der Waals surface area contributed by atoms with Gasteiger partial charge < -0.3 is 10.5 Å². The minimum absolute atomic E-state index is 0.129. The molecule has 0 spiro atoms. The van der Waals surface area contributed by atoms with Crippen molar-refractivity contribution in [3.05, 3.63) is 35.1 Å². The van der Waals surface area contributed by atoms with E-state index < -0.39 is 0 Å². The Morgan fingerprint density at radius 1 is 1.53 bits per heavy atom. The van der Waals surface area contributed by atoms with Gasteiger partial charge in [-0.1, -0.05) is 6.07 Å². The van der Waals surface area contributed by atoms with Crippen LogP contribution in [-0.2, 0) is 11.3 Å². The Bertz CT molecular complexity index is 384. The number of nitrogens with zero attached hydrogens (tertiary/aromatic N) is 1. The zero-order valence-electron chi connectivity index (χ0n) is 10.2. The first-order chi connectivity index (χ1) is 8.19. The minimum atomic E-state index is -0.173. The topological polar surface area (TPSA) is 38.5 Å². The van der Waals surface area contributed by atoms with Crippen molar-refractivity contribution >= 4 is 0 Å². The smallest absolute Gasteiger partial charge is 0.123 e. The molecule has 0 aromatic heterocycles. The maximum absolute atomic E-state index is 13.0. The predicted octanol–water partition coefficient (Wildman–Crippen LogP) is 1.29. The average molecular weight is 238 g/mol. The van der Waals surface area contributed by atoms with Crippen LogP contribution in [0.3, 0.4) is 0 Å². The molecule has 1 heterocycles. The van der Waals surface area contributed by atoms with Gasteiger partial charge >= 0.3 is 0 Å². The van der Waals surface area contributed by atoms with Crippen molar-refractivity contribution < 1.29 is 9.13 Å². The van der Waals surface area contributed by atoms with Crippen molar-refractivity contribution in [2.45, 2.75) is 19.6 Å². The van der Waals surface area contributed by atoms with Crippen molar-refractivity contribution in [3.63, 3.8) is 0 Å². The van der Waals surface area contributed by atoms with Crippen molar-refractivity contribution in [3.8, 4) is 0 Å². The second-order valence-corrected chi connectivity index (χ2v) is 4.53. The van der Waals surface area contributed by atoms with E-state index in [0.29, 0.717) is 6.54 Å². The Morgan fingerprint density at radius 2 is 2.35 bits per heavy atom. The maximum atomic E-state index is 13.0. The zero-order valence-corrected chi connectivity index (χ0v) is 10.2. The van der Waals surface area contributed by atoms with E-state index >= 15 is 0 Å². The van der Waals surface area contributed by atoms with Crippen molar-refractivity contribution in [1.82, 2.24) is 4.90 Å². The number of halogens is 1. The van der Waals surface area contributed by atoms with Crippen LogP contribution in [0.5, 0.6) is 0 Å². The molecule has 1 aliphatic rings. The van der Waals surface area contributed by atoms with Crippen molar-refractivity contribution in [2.24, 2.45) is 5.73 Å². The van der Waals surface area contributed by atoms with E-state index in [1.807, 2.05) is 13.0 Å². The normalized spacial score (nSPS) is 21.7. The van der Waals surface area contributed by atoms with Crippen LogP contribution in [-0.4, -0.2) is 37.2 Å². The summed E-state index contributed by atoms with van der Waals surface area (Å²) in [7, 11) is 0. The molecule has 2 N–H and O–H groups in total. The van der Waals surface area contributed by atoms with Crippen LogP contribution in [0.15, 0.2) is 18.2 Å². The third kappa shape index (κ3) is 3.25. The van der Waals surface area contributed by atoms with E-state index in [9.17, 15) is 4.39 Å². The number of benzene rings is 1. The number of morpholine rings is 1. The molecule has 17 heavy (non-hydrogen) atoms. The standard InChI is InChI=1S/C13H19FN2O/c1-10-6-12(14)3-2-11(10)8-16-4-5-17-13(7-15)9-16/h2-3,6,13H,4-5,7-9,15H2,1H3/t13-/m0/s1. The van der Waals surface area contributed by atoms with Crippen molar-refractivity contribution in [1.29, 1.82) is 0 Å². The van der Waals surface area contributed by atoms with Gasteiger partial charge in [0, 0.05) is 26.2 Å². The zero-order chi connectivity index (χ0) is 12.3. The molecule has 1 aliphatic heterocycles. The monoisotopic (exact) mass is 238 g/mol. The first kappa shape index (κ1) is 12.5. The molecule has 3 nitrogen and oxygen atoms in total. The molecule has 1 fully saturated rings. The van der Waals surface area contributed by atoms with Crippen LogP contribution < -0.4 is 5.73 Å². The molecule has 1 aromatic rings. The van der Waals surface area contributed by atoms with Crippen LogP contribution in [0.1, 0.15) is 11.1 Å². The van der Waals surface area contributed by atoms with Crippen LogP contribution in [0.4, 0.5) is 4.39 Å². The lowest BCUT2D eigenvalue weighted by Crippen LogP contribution is -2.45. The molecule has 0 unspecified atom stereocenters. The third-order valence-corrected chi connectivity index (χ3v) is 3.18. The second-order valence-electron chi connectivity index (χ2n) is 4.53. The van der Waals surface area contributed by atoms with Crippen LogP contribution in [0, 0.1) is 12.7 Å². The summed E-state index contributed by atoms with van der Waals surface area (Å²) < 4.78 is 18.5. The SMILES string of the molecule is Cc1cc(F)ccc1CN1CCO[C@@H](CN)C1. The fraction of sp³-hybridized carbons (Fsp3) is 0.538. The summed E-state index contributed by atoms with van der Waals surface area (Å²) >= 11 is 0. The maximum Gasteiger partial charge on any atom is 0.123 e. The summed E-state index contributed by atoms with van der Waals surface area (Å²) in [5.41, 5.74) is 7.78. The highest BCUT2D eigenvalue weighted by atomic mass is 19.1. The van der Waals surface area contributed by atoms with Gasteiger partial charge in [0.05, 0.1) is 12.7 Å². The second kappa shape index (κ2) is 5.58. The average Bonchev–Trinajstić information content (AvgIpc) is 2.33. The van der Waals surface area contributed by atoms with Gasteiger partial charge in [-0.05, 0) is 30.2 Å². The highest BCUT2D eigenvalue weighted by Gasteiger charge is 2.19. The first-order valence-corrected chi connectivity index (χ1v) is 5.98. The summed E-state index contributed by atoms with van der Waals surface area (Å²) in [4.78, 5) is 2.31. The Balaban J connectivity index is 2.00. The van der Waals surface area contributed by atoms with Crippen LogP contribution in [0.25, 0.3) is 0 Å². The number of ether oxygens (including phenoxy) is 1. The van der Waals surface area contributed by atoms with E-state index in [0.717, 1.165) is 31.8 Å². The van der Waals surface area contributed by atoms with E-state index in [1.165, 1.54) is 11.6 Å². The molecule has 0 amide bonds. The van der Waals surface area contributed by atoms with E-state index in [-0.39, 0.29) is 11.9 Å². The van der Waals surface area contributed by atoms with Gasteiger partial charge in [-0.3, -0.25) is 4.90 Å². The predicted molar refractivity (Wildman–Crippen MR) is 65.2 cm³/mol. The summed E-state index contributed by atoms with van der Waals surface area (Å²) in [5, 5.41) is 0. The Kier molecular flexibility index (Phi) is 4.10. The lowest BCUT2D eigenvalue weighted by Gasteiger charge is -2.32. The first-order valence-electron chi connectivity index (χ1n) is 5.98. The quantitative estimate of drug-likeness (QED) is 0.862. The van der Waals surface area contributed by atoms with Gasteiger partial charge in [0.25, 0.3) is 0 Å². The van der Waals surface area contributed by atoms with Crippen LogP contribution >= 0.6 is 0 Å². The van der Waals surface area contributed by atoms with Gasteiger partial charge in [0.1, 0.15) is 5.82 Å². The molecule has 0 radical (unpaired) electrons. The lowest BCUT2D eigenvalue weighted by atomic mass is 10.1. The number of hydrogen-bond acceptors (Lipinski definition) is 3. The molecule has 1 atom stereocenters. The molecule has 4 heteroatoms. The number of nitrogens with two attached hydrogens (primary N) is 1. The van der Waals surface area contributed by atoms with Gasteiger partial charge in [-0.25, -0.2) is 4.39 Å². The highest BCUT2D eigenvalue weighted by molar-refractivity contribution is 5.26. The molecule has 1 aromatic carbocycles. The molecular weight excluding hydrogens is 219 g/mol. The fourth-order valence-corrected chi connectivity index (χ4v) is 2.14. The van der Waals surface area contributed by atoms with Gasteiger partial charge in [0.15, 0.2) is 0 Å². The van der Waals surface area contributed by atoms with Gasteiger partial charge in [-0.2, -0.15) is 0 Å². The Labute approximate surface area is 101 Å². The van der Waals surface area contributed by atoms with Gasteiger partial charge in [-0.15, -0.1) is 0 Å². The molecular formula is C13H19FN2O. The highest BCUT2D eigenvalue weighted by Crippen LogP contribution is 2.14. The van der Waals surface area contributed by atoms with E-state index in [1.54, 1.807) is 6.07 Å². The fourth-order valence-electron chi connectivity index (χ4n) is 2.14. The lowest BCUT2D eigenvalue weighted by molar-refractivity contribution is -0.0261. The molecule has 2 rings (SSSR count). The third-order valence-electron chi connectivity index (χ3n) is 3.18. The van der Waals surface area contributed by atoms with Gasteiger partial charge in [0.2, 0.25) is 0 Å². The molecule has 0 saturated carbocycles. The summed E-state index contributed by atoms with van der Waals surface area (Å²) in [6.45, 7) is 5.83. The molecule has 94 valence electrons. The Hall–Kier alpha value is -0.970. The summed E-state index contributed by atoms with van der Waals surface area (Å²) in [6.07, 6.45) is 0.129. The van der Waals surface area contributed by atoms with E-state index in [4.69, 9.17) is 10.5 Å². The minimum Gasteiger partial charge on any atom is -0.374 e. The number of aryl methyl sites for hydroxylation is 1. The summed E-state index contributed by atoms with van der Waals surface area (Å²) in [6, 6.07) is 4.96. The largest absolute Gasteiger partial charge is 0.374 e. The van der Waals surface area contributed by atoms with Crippen molar-refractivity contribution in [2.75, 3.05) is 26.2 Å². The molecule has 0 aliphatic carbocycles. The van der Waals surface area contributed by atoms with Crippen LogP contribution in [0.2, 0.25) is 0 Å². The summed E-state index contributed by atoms with van der Waals surface area (Å²) in [5.74, 6) is -0.173. The number of hydrogen-bond donors (Lipinski definition) is 1. The Morgan fingerprint density at radius 3 is 3.06 bits per heavy atom. The van der Waals surface area contributed by atoms with E-state index in [2.05, 4.69) is 4.90 Å². The molecule has 0 bridgehead atoms. The molecule has 1 saturated heterocycles. The number of rotatable bonds is 3.